The van der Waals surface area contributed by atoms with Crippen molar-refractivity contribution in [3.8, 4) is 0 Å². The van der Waals surface area contributed by atoms with E-state index in [4.69, 9.17) is 17.2 Å². The van der Waals surface area contributed by atoms with Crippen molar-refractivity contribution in [3.05, 3.63) is 36.0 Å². The first-order valence-corrected chi connectivity index (χ1v) is 14.7. The number of hydrogen-bond acceptors (Lipinski definition) is 8. The van der Waals surface area contributed by atoms with Crippen LogP contribution in [-0.2, 0) is 25.6 Å². The molecule has 2 rings (SSSR count). The highest BCUT2D eigenvalue weighted by atomic mass is 32.2. The van der Waals surface area contributed by atoms with E-state index < -0.39 is 47.9 Å². The summed E-state index contributed by atoms with van der Waals surface area (Å²) in [6, 6.07) is 3.20. The third-order valence-corrected chi connectivity index (χ3v) is 7.11. The Balaban J connectivity index is 2.17. The second-order valence-electron chi connectivity index (χ2n) is 9.10. The molecule has 0 bridgehead atoms. The van der Waals surface area contributed by atoms with Crippen molar-refractivity contribution in [2.24, 2.45) is 22.2 Å². The van der Waals surface area contributed by atoms with Gasteiger partial charge in [-0.2, -0.15) is 24.4 Å². The van der Waals surface area contributed by atoms with Crippen LogP contribution in [-0.4, -0.2) is 88.2 Å². The van der Waals surface area contributed by atoms with Crippen LogP contribution in [0.2, 0.25) is 0 Å². The van der Waals surface area contributed by atoms with E-state index in [9.17, 15) is 24.3 Å². The Morgan fingerprint density at radius 3 is 2.27 bits per heavy atom. The Kier molecular flexibility index (Phi) is 13.6. The van der Waals surface area contributed by atoms with E-state index in [1.54, 1.807) is 6.20 Å². The van der Waals surface area contributed by atoms with Gasteiger partial charge in [-0.15, -0.1) is 0 Å². The molecule has 15 heteroatoms. The molecule has 0 aliphatic rings. The molecule has 4 unspecified atom stereocenters. The molecular weight excluding hydrogens is 556 g/mol. The first-order valence-electron chi connectivity index (χ1n) is 12.7. The number of amides is 3. The van der Waals surface area contributed by atoms with Crippen LogP contribution < -0.4 is 33.2 Å². The number of nitrogens with zero attached hydrogens (tertiary/aromatic N) is 1. The predicted octanol–water partition coefficient (Wildman–Crippen LogP) is -0.687. The summed E-state index contributed by atoms with van der Waals surface area (Å²) in [7, 11) is 0. The van der Waals surface area contributed by atoms with E-state index >= 15 is 0 Å². The molecule has 0 aliphatic carbocycles. The number of aliphatic imine (C=N–C) groups is 1. The van der Waals surface area contributed by atoms with Gasteiger partial charge >= 0.3 is 5.97 Å². The second-order valence-corrected chi connectivity index (χ2v) is 10.5. The molecule has 0 saturated carbocycles. The minimum atomic E-state index is -1.23. The fourth-order valence-electron chi connectivity index (χ4n) is 3.90. The van der Waals surface area contributed by atoms with E-state index in [2.05, 4.69) is 38.6 Å². The largest absolute Gasteiger partial charge is 0.480 e. The zero-order chi connectivity index (χ0) is 29.7. The average Bonchev–Trinajstić information content (AvgIpc) is 3.33. The summed E-state index contributed by atoms with van der Waals surface area (Å²) in [5.41, 5.74) is 18.0. The molecular formula is C25H38N8O5S2. The summed E-state index contributed by atoms with van der Waals surface area (Å²) < 4.78 is 0. The van der Waals surface area contributed by atoms with Crippen LogP contribution in [0.5, 0.6) is 0 Å². The van der Waals surface area contributed by atoms with E-state index in [1.807, 2.05) is 30.5 Å². The topological polar surface area (TPSA) is 231 Å². The average molecular weight is 595 g/mol. The second kappa shape index (κ2) is 16.6. The number of guanidine groups is 1. The third kappa shape index (κ3) is 10.3. The SMILES string of the molecule is CSCCC(NC(=O)C(CCCN=C(N)N)NC(=O)C(N)CS)C(=O)NC(Cc1c[nH]c2ccccc12)C(=O)O. The van der Waals surface area contributed by atoms with Crippen molar-refractivity contribution in [1.29, 1.82) is 0 Å². The standard InChI is InChI=1S/C25H38N8O5S2/c1-40-10-8-19(32-22(35)18(7-4-9-29-25(27)28)31-21(34)16(26)13-39)23(36)33-20(24(37)38)11-14-12-30-17-6-3-2-5-15(14)17/h2-3,5-6,12,16,18-20,30,39H,4,7-11,13,26H2,1H3,(H,31,34)(H,32,35)(H,33,36)(H,37,38)(H4,27,28,29). The molecule has 11 N–H and O–H groups in total. The highest BCUT2D eigenvalue weighted by Crippen LogP contribution is 2.19. The maximum absolute atomic E-state index is 13.3. The van der Waals surface area contributed by atoms with E-state index in [0.29, 0.717) is 12.2 Å². The first-order chi connectivity index (χ1) is 19.1. The first kappa shape index (κ1) is 32.8. The van der Waals surface area contributed by atoms with Crippen LogP contribution in [0, 0.1) is 0 Å². The molecule has 13 nitrogen and oxygen atoms in total. The lowest BCUT2D eigenvalue weighted by Crippen LogP contribution is -2.57. The van der Waals surface area contributed by atoms with Gasteiger partial charge in [0.15, 0.2) is 5.96 Å². The van der Waals surface area contributed by atoms with Crippen molar-refractivity contribution < 1.29 is 24.3 Å². The molecule has 1 heterocycles. The number of nitrogens with two attached hydrogens (primary N) is 3. The molecule has 0 fully saturated rings. The smallest absolute Gasteiger partial charge is 0.326 e. The number of carboxylic acids is 1. The zero-order valence-electron chi connectivity index (χ0n) is 22.3. The van der Waals surface area contributed by atoms with Crippen LogP contribution in [0.25, 0.3) is 10.9 Å². The van der Waals surface area contributed by atoms with Gasteiger partial charge in [-0.05, 0) is 42.9 Å². The minimum absolute atomic E-state index is 0.0410. The monoisotopic (exact) mass is 594 g/mol. The summed E-state index contributed by atoms with van der Waals surface area (Å²) in [5, 5.41) is 18.5. The number of nitrogens with one attached hydrogen (secondary N) is 4. The minimum Gasteiger partial charge on any atom is -0.480 e. The fourth-order valence-corrected chi connectivity index (χ4v) is 4.54. The summed E-state index contributed by atoms with van der Waals surface area (Å²) in [6.07, 6.45) is 4.37. The predicted molar refractivity (Wildman–Crippen MR) is 160 cm³/mol. The molecule has 1 aromatic heterocycles. The number of thioether (sulfide) groups is 1. The number of hydrogen-bond donors (Lipinski definition) is 9. The highest BCUT2D eigenvalue weighted by Gasteiger charge is 2.30. The number of carbonyl (C=O) groups excluding carboxylic acids is 3. The Labute approximate surface area is 242 Å². The van der Waals surface area contributed by atoms with E-state index in [1.165, 1.54) is 11.8 Å². The van der Waals surface area contributed by atoms with Crippen LogP contribution in [0.15, 0.2) is 35.5 Å². The molecule has 0 aliphatic heterocycles. The van der Waals surface area contributed by atoms with Gasteiger partial charge < -0.3 is 43.2 Å². The van der Waals surface area contributed by atoms with Gasteiger partial charge in [0.25, 0.3) is 0 Å². The quantitative estimate of drug-likeness (QED) is 0.0488. The normalized spacial score (nSPS) is 14.0. The van der Waals surface area contributed by atoms with Crippen molar-refractivity contribution in [2.45, 2.75) is 49.9 Å². The van der Waals surface area contributed by atoms with Gasteiger partial charge in [0, 0.05) is 35.8 Å². The van der Waals surface area contributed by atoms with Gasteiger partial charge in [0.1, 0.15) is 18.1 Å². The number of aromatic nitrogens is 1. The third-order valence-electron chi connectivity index (χ3n) is 6.07. The number of aromatic amines is 1. The number of fused-ring (bicyclic) bond motifs is 1. The van der Waals surface area contributed by atoms with Crippen LogP contribution >= 0.6 is 24.4 Å². The Hall–Kier alpha value is -3.43. The number of carboxylic acid groups (broad SMARTS) is 1. The lowest BCUT2D eigenvalue weighted by molar-refractivity contribution is -0.142. The Morgan fingerprint density at radius 2 is 1.65 bits per heavy atom. The summed E-state index contributed by atoms with van der Waals surface area (Å²) in [5.74, 6) is -2.56. The fraction of sp³-hybridized carbons (Fsp3) is 0.480. The molecule has 4 atom stereocenters. The van der Waals surface area contributed by atoms with Crippen LogP contribution in [0.1, 0.15) is 24.8 Å². The zero-order valence-corrected chi connectivity index (χ0v) is 24.0. The molecule has 3 amide bonds. The number of carbonyl (C=O) groups is 4. The Bertz CT molecular complexity index is 1190. The maximum atomic E-state index is 13.3. The van der Waals surface area contributed by atoms with Crippen molar-refractivity contribution in [2.75, 3.05) is 24.3 Å². The lowest BCUT2D eigenvalue weighted by atomic mass is 10.0. The molecule has 0 saturated heterocycles. The number of benzene rings is 1. The van der Waals surface area contributed by atoms with Gasteiger partial charge in [-0.25, -0.2) is 4.79 Å². The van der Waals surface area contributed by atoms with Crippen molar-refractivity contribution in [1.82, 2.24) is 20.9 Å². The number of para-hydroxylation sites is 1. The molecule has 0 spiro atoms. The van der Waals surface area contributed by atoms with Crippen molar-refractivity contribution >= 4 is 64.9 Å². The highest BCUT2D eigenvalue weighted by molar-refractivity contribution is 7.98. The Morgan fingerprint density at radius 1 is 1.02 bits per heavy atom. The molecule has 220 valence electrons. The summed E-state index contributed by atoms with van der Waals surface area (Å²) >= 11 is 5.49. The molecule has 2 aromatic rings. The van der Waals surface area contributed by atoms with Crippen LogP contribution in [0.3, 0.4) is 0 Å². The van der Waals surface area contributed by atoms with Gasteiger partial charge in [-0.3, -0.25) is 19.4 Å². The number of aliphatic carboxylic acids is 1. The molecule has 40 heavy (non-hydrogen) atoms. The summed E-state index contributed by atoms with van der Waals surface area (Å²) in [4.78, 5) is 57.9. The molecule has 0 radical (unpaired) electrons. The van der Waals surface area contributed by atoms with Crippen molar-refractivity contribution in [3.63, 3.8) is 0 Å². The van der Waals surface area contributed by atoms with E-state index in [-0.39, 0.29) is 37.5 Å². The van der Waals surface area contributed by atoms with Gasteiger partial charge in [0.05, 0.1) is 6.04 Å². The van der Waals surface area contributed by atoms with E-state index in [0.717, 1.165) is 16.5 Å². The lowest BCUT2D eigenvalue weighted by Gasteiger charge is -2.25. The number of H-pyrrole nitrogens is 1. The summed E-state index contributed by atoms with van der Waals surface area (Å²) in [6.45, 7) is 0.227. The van der Waals surface area contributed by atoms with Gasteiger partial charge in [-0.1, -0.05) is 18.2 Å². The molecule has 1 aromatic carbocycles. The van der Waals surface area contributed by atoms with Crippen LogP contribution in [0.4, 0.5) is 0 Å². The number of rotatable bonds is 17. The number of thiol groups is 1. The van der Waals surface area contributed by atoms with Gasteiger partial charge in [0.2, 0.25) is 17.7 Å². The maximum Gasteiger partial charge on any atom is 0.326 e.